The van der Waals surface area contributed by atoms with Crippen LogP contribution in [0.3, 0.4) is 0 Å². The Bertz CT molecular complexity index is 1320. The fraction of sp³-hybridized carbons (Fsp3) is 0.192. The molecule has 0 saturated carbocycles. The van der Waals surface area contributed by atoms with Gasteiger partial charge in [0.05, 0.1) is 13.2 Å². The van der Waals surface area contributed by atoms with Crippen LogP contribution >= 0.6 is 11.8 Å². The van der Waals surface area contributed by atoms with Gasteiger partial charge in [-0.05, 0) is 54.8 Å². The van der Waals surface area contributed by atoms with Crippen molar-refractivity contribution in [3.05, 3.63) is 89.5 Å². The van der Waals surface area contributed by atoms with Crippen molar-refractivity contribution in [2.45, 2.75) is 30.3 Å². The summed E-state index contributed by atoms with van der Waals surface area (Å²) in [4.78, 5) is 13.5. The second-order valence-corrected chi connectivity index (χ2v) is 9.32. The van der Waals surface area contributed by atoms with Gasteiger partial charge in [0.1, 0.15) is 11.0 Å². The van der Waals surface area contributed by atoms with Crippen molar-refractivity contribution in [3.8, 4) is 17.1 Å². The highest BCUT2D eigenvalue weighted by atomic mass is 32.2. The molecule has 7 nitrogen and oxygen atoms in total. The summed E-state index contributed by atoms with van der Waals surface area (Å²) in [6.45, 7) is 4.09. The van der Waals surface area contributed by atoms with E-state index in [1.807, 2.05) is 84.4 Å². The summed E-state index contributed by atoms with van der Waals surface area (Å²) in [6.07, 6.45) is 0. The van der Waals surface area contributed by atoms with Gasteiger partial charge in [0.2, 0.25) is 11.1 Å². The first-order valence-electron chi connectivity index (χ1n) is 11.0. The first kappa shape index (κ1) is 22.0. The van der Waals surface area contributed by atoms with Gasteiger partial charge in [-0.25, -0.2) is 4.68 Å². The molecule has 1 aromatic heterocycles. The van der Waals surface area contributed by atoms with Gasteiger partial charge in [-0.1, -0.05) is 60.3 Å². The lowest BCUT2D eigenvalue weighted by Crippen LogP contribution is -2.41. The smallest absolute Gasteiger partial charge is 0.240 e. The zero-order chi connectivity index (χ0) is 23.7. The van der Waals surface area contributed by atoms with Crippen LogP contribution in [0.1, 0.15) is 22.7 Å². The third-order valence-electron chi connectivity index (χ3n) is 5.98. The van der Waals surface area contributed by atoms with E-state index in [-0.39, 0.29) is 11.9 Å². The molecule has 0 unspecified atom stereocenters. The van der Waals surface area contributed by atoms with Crippen molar-refractivity contribution in [2.24, 2.45) is 0 Å². The molecule has 34 heavy (non-hydrogen) atoms. The molecule has 1 amide bonds. The van der Waals surface area contributed by atoms with Gasteiger partial charge in [0.15, 0.2) is 5.82 Å². The Kier molecular flexibility index (Phi) is 5.98. The molecule has 0 spiro atoms. The van der Waals surface area contributed by atoms with Crippen molar-refractivity contribution in [1.82, 2.24) is 14.9 Å². The first-order valence-corrected chi connectivity index (χ1v) is 11.9. The van der Waals surface area contributed by atoms with E-state index in [1.165, 1.54) is 17.3 Å². The number of nitrogens with zero attached hydrogens (tertiary/aromatic N) is 3. The van der Waals surface area contributed by atoms with Gasteiger partial charge in [-0.3, -0.25) is 4.79 Å². The zero-order valence-corrected chi connectivity index (χ0v) is 20.0. The second kappa shape index (κ2) is 9.23. The number of benzene rings is 3. The monoisotopic (exact) mass is 471 g/mol. The van der Waals surface area contributed by atoms with E-state index >= 15 is 0 Å². The first-order chi connectivity index (χ1) is 16.5. The van der Waals surface area contributed by atoms with E-state index in [0.717, 1.165) is 28.1 Å². The maximum atomic E-state index is 13.5. The van der Waals surface area contributed by atoms with E-state index in [1.54, 1.807) is 7.11 Å². The number of amides is 1. The molecule has 0 aliphatic carbocycles. The Morgan fingerprint density at radius 2 is 1.76 bits per heavy atom. The number of carbonyl (C=O) groups is 1. The van der Waals surface area contributed by atoms with Gasteiger partial charge >= 0.3 is 0 Å². The third-order valence-corrected chi connectivity index (χ3v) is 7.19. The molecule has 2 N–H and O–H groups in total. The highest BCUT2D eigenvalue weighted by Gasteiger charge is 2.38. The maximum Gasteiger partial charge on any atom is 0.240 e. The summed E-state index contributed by atoms with van der Waals surface area (Å²) >= 11 is 1.40. The topological polar surface area (TPSA) is 81.1 Å². The number of fused-ring (bicyclic) bond motifs is 1. The minimum Gasteiger partial charge on any atom is -0.497 e. The molecule has 4 aromatic rings. The van der Waals surface area contributed by atoms with Crippen LogP contribution in [0.4, 0.5) is 5.69 Å². The lowest BCUT2D eigenvalue weighted by atomic mass is 10.0. The number of ether oxygens (including phenoxy) is 1. The van der Waals surface area contributed by atoms with Crippen molar-refractivity contribution in [2.75, 3.05) is 17.9 Å². The second-order valence-electron chi connectivity index (χ2n) is 8.21. The van der Waals surface area contributed by atoms with Gasteiger partial charge in [-0.2, -0.15) is 0 Å². The van der Waals surface area contributed by atoms with E-state index < -0.39 is 5.25 Å². The predicted molar refractivity (Wildman–Crippen MR) is 135 cm³/mol. The van der Waals surface area contributed by atoms with Crippen molar-refractivity contribution < 1.29 is 9.53 Å². The quantitative estimate of drug-likeness (QED) is 0.428. The minimum atomic E-state index is -0.463. The van der Waals surface area contributed by atoms with Crippen LogP contribution < -0.4 is 15.5 Å². The number of rotatable bonds is 5. The molecule has 0 radical (unpaired) electrons. The molecule has 2 heterocycles. The van der Waals surface area contributed by atoms with Crippen LogP contribution in [0.25, 0.3) is 11.4 Å². The zero-order valence-electron chi connectivity index (χ0n) is 19.1. The summed E-state index contributed by atoms with van der Waals surface area (Å²) in [5, 5.41) is 12.0. The van der Waals surface area contributed by atoms with Crippen LogP contribution in [-0.2, 0) is 4.79 Å². The van der Waals surface area contributed by atoms with E-state index in [9.17, 15) is 4.79 Å². The predicted octanol–water partition coefficient (Wildman–Crippen LogP) is 4.97. The molecule has 1 aliphatic heterocycles. The van der Waals surface area contributed by atoms with E-state index in [4.69, 9.17) is 4.74 Å². The van der Waals surface area contributed by atoms with Crippen LogP contribution in [0.5, 0.6) is 5.75 Å². The van der Waals surface area contributed by atoms with Gasteiger partial charge < -0.3 is 15.5 Å². The average molecular weight is 472 g/mol. The summed E-state index contributed by atoms with van der Waals surface area (Å²) in [6, 6.07) is 23.3. The Morgan fingerprint density at radius 1 is 1.00 bits per heavy atom. The molecule has 172 valence electrons. The summed E-state index contributed by atoms with van der Waals surface area (Å²) in [7, 11) is 1.64. The summed E-state index contributed by atoms with van der Waals surface area (Å²) < 4.78 is 7.19. The average Bonchev–Trinajstić information content (AvgIpc) is 3.29. The molecular weight excluding hydrogens is 446 g/mol. The number of carbonyl (C=O) groups excluding carboxylic acids is 1. The number of aromatic nitrogens is 3. The molecule has 0 saturated heterocycles. The Balaban J connectivity index is 1.50. The number of thioether (sulfide) groups is 1. The highest BCUT2D eigenvalue weighted by molar-refractivity contribution is 8.00. The molecular formula is C26H25N5O2S. The molecule has 2 atom stereocenters. The van der Waals surface area contributed by atoms with Gasteiger partial charge in [0.25, 0.3) is 0 Å². The van der Waals surface area contributed by atoms with Crippen molar-refractivity contribution in [3.63, 3.8) is 0 Å². The van der Waals surface area contributed by atoms with Gasteiger partial charge in [0, 0.05) is 11.3 Å². The van der Waals surface area contributed by atoms with Crippen molar-refractivity contribution >= 4 is 23.4 Å². The third kappa shape index (κ3) is 4.24. The fourth-order valence-electron chi connectivity index (χ4n) is 3.92. The SMILES string of the molecule is COc1ccc([C@H]2Nn3c(nnc3-c3ccccc3)S[C@@H]2C(=O)Nc2ccc(C)c(C)c2)cc1. The molecule has 0 fully saturated rings. The molecule has 3 aromatic carbocycles. The number of anilines is 1. The Labute approximate surface area is 202 Å². The fourth-order valence-corrected chi connectivity index (χ4v) is 5.00. The largest absolute Gasteiger partial charge is 0.497 e. The Hall–Kier alpha value is -3.78. The number of hydrogen-bond donors (Lipinski definition) is 2. The number of methoxy groups -OCH3 is 1. The lowest BCUT2D eigenvalue weighted by molar-refractivity contribution is -0.116. The van der Waals surface area contributed by atoms with Crippen LogP contribution in [-0.4, -0.2) is 33.1 Å². The number of aryl methyl sites for hydroxylation is 2. The maximum absolute atomic E-state index is 13.5. The molecule has 5 rings (SSSR count). The standard InChI is InChI=1S/C26H25N5O2S/c1-16-9-12-20(15-17(16)2)27-25(32)23-22(18-10-13-21(33-3)14-11-18)30-31-24(28-29-26(31)34-23)19-7-5-4-6-8-19/h4-15,22-23,30H,1-3H3,(H,27,32)/t22-,23+/m1/s1. The number of nitrogens with one attached hydrogen (secondary N) is 2. The normalized spacial score (nSPS) is 16.9. The Morgan fingerprint density at radius 3 is 2.47 bits per heavy atom. The lowest BCUT2D eigenvalue weighted by Gasteiger charge is -2.33. The van der Waals surface area contributed by atoms with Gasteiger partial charge in [-0.15, -0.1) is 10.2 Å². The molecule has 0 bridgehead atoms. The minimum absolute atomic E-state index is 0.0999. The van der Waals surface area contributed by atoms with E-state index in [2.05, 4.69) is 27.9 Å². The van der Waals surface area contributed by atoms with Crippen LogP contribution in [0.2, 0.25) is 0 Å². The molecule has 8 heteroatoms. The summed E-state index contributed by atoms with van der Waals surface area (Å²) in [5.74, 6) is 1.37. The van der Waals surface area contributed by atoms with Crippen molar-refractivity contribution in [1.29, 1.82) is 0 Å². The highest BCUT2D eigenvalue weighted by Crippen LogP contribution is 2.39. The van der Waals surface area contributed by atoms with Crippen LogP contribution in [0.15, 0.2) is 78.0 Å². The van der Waals surface area contributed by atoms with E-state index in [0.29, 0.717) is 11.0 Å². The molecule has 1 aliphatic rings. The number of hydrogen-bond acceptors (Lipinski definition) is 6. The summed E-state index contributed by atoms with van der Waals surface area (Å²) in [5.41, 5.74) is 8.51. The van der Waals surface area contributed by atoms with Crippen LogP contribution in [0, 0.1) is 13.8 Å².